The third-order valence-corrected chi connectivity index (χ3v) is 13.3. The van der Waals surface area contributed by atoms with Crippen molar-refractivity contribution in [3.8, 4) is 0 Å². The number of amides is 3. The lowest BCUT2D eigenvalue weighted by molar-refractivity contribution is -0.198. The number of aliphatic hydroxyl groups is 1. The largest absolute Gasteiger partial charge is 0.472 e. The van der Waals surface area contributed by atoms with Gasteiger partial charge in [0.15, 0.2) is 34.8 Å². The minimum Gasteiger partial charge on any atom is -0.386 e. The van der Waals surface area contributed by atoms with Crippen LogP contribution in [0.2, 0.25) is 0 Å². The summed E-state index contributed by atoms with van der Waals surface area (Å²) >= 11 is 0. The number of aromatic nitrogens is 8. The zero-order valence-electron chi connectivity index (χ0n) is 39.3. The fourth-order valence-electron chi connectivity index (χ4n) is 7.94. The van der Waals surface area contributed by atoms with E-state index in [1.807, 2.05) is 0 Å². The van der Waals surface area contributed by atoms with Gasteiger partial charge in [0.25, 0.3) is 22.9 Å². The van der Waals surface area contributed by atoms with Gasteiger partial charge in [-0.15, -0.1) is 5.06 Å². The molecule has 4 aromatic heterocycles. The molecule has 0 bridgehead atoms. The summed E-state index contributed by atoms with van der Waals surface area (Å²) in [5, 5.41) is 14.5. The van der Waals surface area contributed by atoms with Crippen molar-refractivity contribution in [2.75, 3.05) is 90.7 Å². The maximum atomic E-state index is 13.8. The number of imide groups is 1. The topological polar surface area (TPSA) is 468 Å². The van der Waals surface area contributed by atoms with Crippen LogP contribution in [-0.2, 0) is 84.4 Å². The number of H-pyrrole nitrogens is 2. The smallest absolute Gasteiger partial charge is 0.386 e. The molecule has 10 atom stereocenters. The number of ether oxygens (including phenoxy) is 7. The van der Waals surface area contributed by atoms with Crippen LogP contribution in [0, 0.1) is 0 Å². The van der Waals surface area contributed by atoms with E-state index in [0.29, 0.717) is 5.06 Å². The van der Waals surface area contributed by atoms with Gasteiger partial charge in [0.2, 0.25) is 17.8 Å². The van der Waals surface area contributed by atoms with Crippen LogP contribution < -0.4 is 27.9 Å². The molecule has 75 heavy (non-hydrogen) atoms. The summed E-state index contributed by atoms with van der Waals surface area (Å²) in [7, 11) is -10.5. The Morgan fingerprint density at radius 2 is 1.12 bits per heavy atom. The van der Waals surface area contributed by atoms with Crippen LogP contribution in [0.5, 0.6) is 0 Å². The molecular weight excluding hydrogens is 1050 g/mol. The van der Waals surface area contributed by atoms with Gasteiger partial charge in [-0.05, 0) is 0 Å². The second kappa shape index (κ2) is 24.5. The lowest BCUT2D eigenvalue weighted by Gasteiger charge is -2.29. The number of nitrogens with one attached hydrogen (secondary N) is 3. The quantitative estimate of drug-likeness (QED) is 0.0215. The Hall–Kier alpha value is -5.72. The minimum atomic E-state index is -5.28. The molecule has 10 N–H and O–H groups in total. The molecule has 0 radical (unpaired) electrons. The highest BCUT2D eigenvalue weighted by Crippen LogP contribution is 2.53. The molecule has 4 aliphatic heterocycles. The van der Waals surface area contributed by atoms with Gasteiger partial charge in [0, 0.05) is 19.3 Å². The number of hydrogen-bond acceptors (Lipinski definition) is 27. The molecule has 4 aliphatic rings. The van der Waals surface area contributed by atoms with Crippen molar-refractivity contribution in [1.29, 1.82) is 0 Å². The van der Waals surface area contributed by atoms with Crippen LogP contribution in [-0.4, -0.2) is 199 Å². The van der Waals surface area contributed by atoms with Gasteiger partial charge in [-0.2, -0.15) is 9.97 Å². The Labute approximate surface area is 420 Å². The Morgan fingerprint density at radius 1 is 0.680 bits per heavy atom. The van der Waals surface area contributed by atoms with E-state index >= 15 is 0 Å². The molecule has 0 saturated carbocycles. The monoisotopic (exact) mass is 1110 g/mol. The van der Waals surface area contributed by atoms with Crippen LogP contribution in [0.4, 0.5) is 11.9 Å². The van der Waals surface area contributed by atoms with Gasteiger partial charge in [-0.25, -0.2) is 23.9 Å². The van der Waals surface area contributed by atoms with E-state index in [9.17, 15) is 52.8 Å². The Kier molecular flexibility index (Phi) is 18.1. The van der Waals surface area contributed by atoms with E-state index in [-0.39, 0.29) is 126 Å². The number of aliphatic hydroxyl groups excluding tert-OH is 1. The van der Waals surface area contributed by atoms with Crippen molar-refractivity contribution < 1.29 is 99.3 Å². The van der Waals surface area contributed by atoms with Gasteiger partial charge in [0.1, 0.15) is 36.6 Å². The second-order valence-electron chi connectivity index (χ2n) is 16.5. The molecule has 37 heteroatoms. The summed E-state index contributed by atoms with van der Waals surface area (Å²) in [6.45, 7) is -0.501. The standard InChI is InChI=1S/C38H52N12O23P2/c39-37-44-31-26(33(56)46-37)41-17-48(31)35-25(43-21(51)3-5-62-7-9-64-11-13-66-14-12-65-10-8-63-6-4-24(54)71-50-22(52)1-2-23(50)53)29-19(69-35)15-67-75(60,61)73-30-20(16-68-74(58,59)72-29)70-36(28(30)55)49-18-42-27-32(49)45-38(40)47-34(27)57/h17-20,25,28-30,35-36,55H,1-16H2,(H,43,51)(H,58,59)(H,60,61)(H3,39,44,46,56)(H3,40,45,47,57). The maximum absolute atomic E-state index is 13.8. The van der Waals surface area contributed by atoms with E-state index in [2.05, 4.69) is 35.2 Å². The molecule has 35 nitrogen and oxygen atoms in total. The summed E-state index contributed by atoms with van der Waals surface area (Å²) in [4.78, 5) is 121. The summed E-state index contributed by atoms with van der Waals surface area (Å²) in [6, 6.07) is -1.50. The summed E-state index contributed by atoms with van der Waals surface area (Å²) in [6.07, 6.45) is -9.91. The third kappa shape index (κ3) is 13.8. The molecule has 412 valence electrons. The second-order valence-corrected chi connectivity index (χ2v) is 19.4. The number of phosphoric ester groups is 2. The number of nitrogens with zero attached hydrogens (tertiary/aromatic N) is 7. The number of hydrogen-bond donors (Lipinski definition) is 8. The van der Waals surface area contributed by atoms with Gasteiger partial charge >= 0.3 is 21.6 Å². The van der Waals surface area contributed by atoms with E-state index in [1.54, 1.807) is 0 Å². The molecule has 4 saturated heterocycles. The molecule has 0 spiro atoms. The van der Waals surface area contributed by atoms with Gasteiger partial charge < -0.3 is 69.7 Å². The summed E-state index contributed by atoms with van der Waals surface area (Å²) < 4.78 is 90.5. The number of aromatic amines is 2. The molecular formula is C38H52N12O23P2. The van der Waals surface area contributed by atoms with Crippen LogP contribution in [0.1, 0.15) is 38.1 Å². The van der Waals surface area contributed by atoms with Gasteiger partial charge in [0.05, 0.1) is 98.4 Å². The van der Waals surface area contributed by atoms with Crippen LogP contribution in [0.15, 0.2) is 22.2 Å². The number of nitrogen functional groups attached to an aromatic ring is 2. The van der Waals surface area contributed by atoms with Crippen LogP contribution in [0.3, 0.4) is 0 Å². The number of hydroxylamine groups is 2. The molecule has 0 aliphatic carbocycles. The van der Waals surface area contributed by atoms with Crippen molar-refractivity contribution in [3.63, 3.8) is 0 Å². The fourth-order valence-corrected chi connectivity index (χ4v) is 9.87. The Balaban J connectivity index is 0.812. The van der Waals surface area contributed by atoms with E-state index in [0.717, 1.165) is 17.2 Å². The third-order valence-electron chi connectivity index (χ3n) is 11.4. The predicted octanol–water partition coefficient (Wildman–Crippen LogP) is -3.45. The average Bonchev–Trinajstić information content (AvgIpc) is 4.19. The summed E-state index contributed by atoms with van der Waals surface area (Å²) in [5.41, 5.74) is 9.33. The van der Waals surface area contributed by atoms with Crippen molar-refractivity contribution >= 4 is 73.6 Å². The highest BCUT2D eigenvalue weighted by molar-refractivity contribution is 7.47. The number of anilines is 2. The zero-order chi connectivity index (χ0) is 53.4. The molecule has 8 heterocycles. The molecule has 10 unspecified atom stereocenters. The van der Waals surface area contributed by atoms with Crippen molar-refractivity contribution in [2.24, 2.45) is 0 Å². The molecule has 0 aromatic carbocycles. The van der Waals surface area contributed by atoms with Crippen molar-refractivity contribution in [1.82, 2.24) is 49.4 Å². The van der Waals surface area contributed by atoms with E-state index < -0.39 is 113 Å². The first kappa shape index (κ1) is 55.5. The van der Waals surface area contributed by atoms with Gasteiger partial charge in [-0.1, -0.05) is 0 Å². The molecule has 3 amide bonds. The minimum absolute atomic E-state index is 0.00134. The first-order valence-corrected chi connectivity index (χ1v) is 25.9. The zero-order valence-corrected chi connectivity index (χ0v) is 41.1. The van der Waals surface area contributed by atoms with E-state index in [1.165, 1.54) is 4.57 Å². The average molecular weight is 1110 g/mol. The SMILES string of the molecule is Nc1nc2c(ncn2C2OC3COP(=O)(O)OC4C(COP(=O)(O)OC3C2O)OC(n2cnc3c(=O)[nH]c(N)nc32)C4NC(=O)CCOCCOCCOCCOCCOCCC(=O)ON2C(=O)CCC2=O)c(=O)[nH]1. The highest BCUT2D eigenvalue weighted by atomic mass is 31.2. The number of carbonyl (C=O) groups excluding carboxylic acids is 4. The number of imidazole rings is 2. The number of carbonyl (C=O) groups is 4. The molecule has 4 fully saturated rings. The highest BCUT2D eigenvalue weighted by Gasteiger charge is 2.55. The van der Waals surface area contributed by atoms with E-state index in [4.69, 9.17) is 67.6 Å². The summed E-state index contributed by atoms with van der Waals surface area (Å²) in [5.74, 6) is -3.25. The number of fused-ring (bicyclic) bond motifs is 4. The van der Waals surface area contributed by atoms with Crippen molar-refractivity contribution in [3.05, 3.63) is 33.4 Å². The molecule has 8 rings (SSSR count). The Bertz CT molecular complexity index is 2900. The first-order valence-electron chi connectivity index (χ1n) is 22.9. The lowest BCUT2D eigenvalue weighted by atomic mass is 10.1. The van der Waals surface area contributed by atoms with Crippen molar-refractivity contribution in [2.45, 2.75) is 74.7 Å². The Morgan fingerprint density at radius 3 is 1.64 bits per heavy atom. The first-order chi connectivity index (χ1) is 35.9. The van der Waals surface area contributed by atoms with Crippen LogP contribution in [0.25, 0.3) is 22.3 Å². The van der Waals surface area contributed by atoms with Crippen LogP contribution >= 0.6 is 15.6 Å². The fraction of sp³-hybridized carbons (Fsp3) is 0.632. The number of nitrogens with two attached hydrogens (primary N) is 2. The number of rotatable bonds is 22. The van der Waals surface area contributed by atoms with Gasteiger partial charge in [-0.3, -0.25) is 61.2 Å². The predicted molar refractivity (Wildman–Crippen MR) is 243 cm³/mol. The number of phosphoric acid groups is 2. The maximum Gasteiger partial charge on any atom is 0.472 e. The lowest BCUT2D eigenvalue weighted by Crippen LogP contribution is -2.48. The normalized spacial score (nSPS) is 28.3. The molecule has 4 aromatic rings.